The minimum absolute atomic E-state index is 0.404. The highest BCUT2D eigenvalue weighted by Crippen LogP contribution is 2.20. The van der Waals surface area contributed by atoms with Crippen LogP contribution >= 0.6 is 27.5 Å². The lowest BCUT2D eigenvalue weighted by molar-refractivity contribution is 0.303. The summed E-state index contributed by atoms with van der Waals surface area (Å²) in [6, 6.07) is 9.85. The Balaban J connectivity index is 2.07. The maximum Gasteiger partial charge on any atom is 0.127 e. The van der Waals surface area contributed by atoms with E-state index < -0.39 is 0 Å². The number of hydrogen-bond acceptors (Lipinski definition) is 2. The fourth-order valence-electron chi connectivity index (χ4n) is 1.44. The Morgan fingerprint density at radius 1 is 1.29 bits per heavy atom. The smallest absolute Gasteiger partial charge is 0.127 e. The average molecular weight is 313 g/mol. The molecule has 0 saturated carbocycles. The van der Waals surface area contributed by atoms with Crippen LogP contribution in [0.5, 0.6) is 5.75 Å². The van der Waals surface area contributed by atoms with Crippen LogP contribution in [-0.2, 0) is 12.5 Å². The number of aromatic nitrogens is 1. The van der Waals surface area contributed by atoms with E-state index in [9.17, 15) is 0 Å². The quantitative estimate of drug-likeness (QED) is 0.791. The number of pyridine rings is 1. The van der Waals surface area contributed by atoms with E-state index in [0.717, 1.165) is 21.3 Å². The second kappa shape index (κ2) is 6.03. The molecule has 0 amide bonds. The average Bonchev–Trinajstić information content (AvgIpc) is 2.37. The third-order valence-electron chi connectivity index (χ3n) is 2.29. The molecule has 0 N–H and O–H groups in total. The van der Waals surface area contributed by atoms with Gasteiger partial charge < -0.3 is 4.74 Å². The first kappa shape index (κ1) is 12.4. The van der Waals surface area contributed by atoms with E-state index in [1.165, 1.54) is 0 Å². The van der Waals surface area contributed by atoms with Crippen molar-refractivity contribution in [2.24, 2.45) is 0 Å². The van der Waals surface area contributed by atoms with E-state index in [-0.39, 0.29) is 0 Å². The molecule has 1 heterocycles. The van der Waals surface area contributed by atoms with Gasteiger partial charge in [0, 0.05) is 22.4 Å². The summed E-state index contributed by atoms with van der Waals surface area (Å²) in [5, 5.41) is 0. The number of ether oxygens (including phenoxy) is 1. The Morgan fingerprint density at radius 2 is 2.18 bits per heavy atom. The summed E-state index contributed by atoms with van der Waals surface area (Å²) in [4.78, 5) is 4.01. The summed E-state index contributed by atoms with van der Waals surface area (Å²) in [5.41, 5.74) is 2.01. The summed E-state index contributed by atoms with van der Waals surface area (Å²) in [5.74, 6) is 1.19. The van der Waals surface area contributed by atoms with Gasteiger partial charge in [0.15, 0.2) is 0 Å². The topological polar surface area (TPSA) is 22.1 Å². The molecule has 2 nitrogen and oxygen atoms in total. The van der Waals surface area contributed by atoms with E-state index >= 15 is 0 Å². The second-order valence-corrected chi connectivity index (χ2v) is 4.72. The van der Waals surface area contributed by atoms with E-state index in [4.69, 9.17) is 16.3 Å². The van der Waals surface area contributed by atoms with E-state index in [2.05, 4.69) is 20.9 Å². The number of alkyl halides is 1. The predicted molar refractivity (Wildman–Crippen MR) is 72.3 cm³/mol. The van der Waals surface area contributed by atoms with Gasteiger partial charge in [-0.25, -0.2) is 0 Å². The highest BCUT2D eigenvalue weighted by atomic mass is 79.9. The minimum atomic E-state index is 0.404. The SMILES string of the molecule is ClCc1cnccc1OCc1cccc(Br)c1. The monoisotopic (exact) mass is 311 g/mol. The highest BCUT2D eigenvalue weighted by Gasteiger charge is 2.02. The predicted octanol–water partition coefficient (Wildman–Crippen LogP) is 4.16. The molecule has 2 rings (SSSR count). The van der Waals surface area contributed by atoms with Crippen molar-refractivity contribution in [3.63, 3.8) is 0 Å². The Morgan fingerprint density at radius 3 is 2.94 bits per heavy atom. The number of rotatable bonds is 4. The maximum atomic E-state index is 5.81. The molecular formula is C13H11BrClNO. The Labute approximate surface area is 114 Å². The van der Waals surface area contributed by atoms with Crippen molar-refractivity contribution in [1.29, 1.82) is 0 Å². The van der Waals surface area contributed by atoms with Crippen LogP contribution in [0.25, 0.3) is 0 Å². The fourth-order valence-corrected chi connectivity index (χ4v) is 2.09. The molecule has 0 atom stereocenters. The summed E-state index contributed by atoms with van der Waals surface area (Å²) < 4.78 is 6.77. The van der Waals surface area contributed by atoms with Crippen LogP contribution in [0.3, 0.4) is 0 Å². The number of hydrogen-bond donors (Lipinski definition) is 0. The molecule has 0 spiro atoms. The fraction of sp³-hybridized carbons (Fsp3) is 0.154. The van der Waals surface area contributed by atoms with Gasteiger partial charge >= 0.3 is 0 Å². The van der Waals surface area contributed by atoms with Gasteiger partial charge in [0.05, 0.1) is 5.88 Å². The molecule has 0 saturated heterocycles. The third kappa shape index (κ3) is 3.45. The lowest BCUT2D eigenvalue weighted by Crippen LogP contribution is -1.98. The Kier molecular flexibility index (Phi) is 4.40. The van der Waals surface area contributed by atoms with Crippen molar-refractivity contribution in [3.8, 4) is 5.75 Å². The van der Waals surface area contributed by atoms with Gasteiger partial charge in [-0.15, -0.1) is 11.6 Å². The number of nitrogens with zero attached hydrogens (tertiary/aromatic N) is 1. The molecule has 0 aliphatic carbocycles. The molecule has 0 unspecified atom stereocenters. The molecule has 17 heavy (non-hydrogen) atoms. The first-order chi connectivity index (χ1) is 8.29. The standard InChI is InChI=1S/C13H11BrClNO/c14-12-3-1-2-10(6-12)9-17-13-4-5-16-8-11(13)7-15/h1-6,8H,7,9H2. The van der Waals surface area contributed by atoms with E-state index in [0.29, 0.717) is 12.5 Å². The van der Waals surface area contributed by atoms with Crippen LogP contribution in [0, 0.1) is 0 Å². The summed E-state index contributed by atoms with van der Waals surface area (Å²) in [7, 11) is 0. The van der Waals surface area contributed by atoms with Crippen LogP contribution in [0.2, 0.25) is 0 Å². The zero-order valence-corrected chi connectivity index (χ0v) is 11.4. The molecule has 88 valence electrons. The van der Waals surface area contributed by atoms with Crippen molar-refractivity contribution in [2.75, 3.05) is 0 Å². The zero-order chi connectivity index (χ0) is 12.1. The van der Waals surface area contributed by atoms with Crippen LogP contribution in [0.1, 0.15) is 11.1 Å². The lowest BCUT2D eigenvalue weighted by atomic mass is 10.2. The molecule has 0 fully saturated rings. The maximum absolute atomic E-state index is 5.81. The van der Waals surface area contributed by atoms with Gasteiger partial charge in [-0.05, 0) is 23.8 Å². The number of benzene rings is 1. The summed E-state index contributed by atoms with van der Waals surface area (Å²) in [6.07, 6.45) is 3.43. The van der Waals surface area contributed by atoms with Crippen molar-refractivity contribution in [1.82, 2.24) is 4.98 Å². The molecule has 0 bridgehead atoms. The van der Waals surface area contributed by atoms with Gasteiger partial charge in [0.25, 0.3) is 0 Å². The van der Waals surface area contributed by atoms with Crippen molar-refractivity contribution in [3.05, 3.63) is 58.3 Å². The highest BCUT2D eigenvalue weighted by molar-refractivity contribution is 9.10. The van der Waals surface area contributed by atoms with Crippen LogP contribution in [0.15, 0.2) is 47.2 Å². The van der Waals surface area contributed by atoms with Crippen molar-refractivity contribution >= 4 is 27.5 Å². The Bertz CT molecular complexity index is 504. The molecule has 1 aromatic carbocycles. The first-order valence-electron chi connectivity index (χ1n) is 5.15. The largest absolute Gasteiger partial charge is 0.488 e. The van der Waals surface area contributed by atoms with Crippen LogP contribution in [0.4, 0.5) is 0 Å². The lowest BCUT2D eigenvalue weighted by Gasteiger charge is -2.09. The van der Waals surface area contributed by atoms with Crippen LogP contribution < -0.4 is 4.74 Å². The molecular weight excluding hydrogens is 302 g/mol. The van der Waals surface area contributed by atoms with E-state index in [1.54, 1.807) is 12.4 Å². The normalized spacial score (nSPS) is 10.2. The van der Waals surface area contributed by atoms with Crippen molar-refractivity contribution < 1.29 is 4.74 Å². The molecule has 0 aliphatic heterocycles. The van der Waals surface area contributed by atoms with Crippen LogP contribution in [-0.4, -0.2) is 4.98 Å². The molecule has 4 heteroatoms. The summed E-state index contributed by atoms with van der Waals surface area (Å²) >= 11 is 9.24. The number of halogens is 2. The van der Waals surface area contributed by atoms with E-state index in [1.807, 2.05) is 30.3 Å². The molecule has 0 radical (unpaired) electrons. The van der Waals surface area contributed by atoms with Gasteiger partial charge in [-0.1, -0.05) is 28.1 Å². The third-order valence-corrected chi connectivity index (χ3v) is 3.07. The van der Waals surface area contributed by atoms with Gasteiger partial charge in [-0.3, -0.25) is 4.98 Å². The summed E-state index contributed by atoms with van der Waals surface area (Å²) in [6.45, 7) is 0.521. The second-order valence-electron chi connectivity index (χ2n) is 3.54. The molecule has 1 aromatic heterocycles. The minimum Gasteiger partial charge on any atom is -0.488 e. The van der Waals surface area contributed by atoms with Gasteiger partial charge in [-0.2, -0.15) is 0 Å². The zero-order valence-electron chi connectivity index (χ0n) is 9.07. The Hall–Kier alpha value is -1.06. The first-order valence-corrected chi connectivity index (χ1v) is 6.48. The molecule has 0 aliphatic rings. The molecule has 2 aromatic rings. The van der Waals surface area contributed by atoms with Gasteiger partial charge in [0.2, 0.25) is 0 Å². The van der Waals surface area contributed by atoms with Crippen molar-refractivity contribution in [2.45, 2.75) is 12.5 Å². The van der Waals surface area contributed by atoms with Gasteiger partial charge in [0.1, 0.15) is 12.4 Å².